The zero-order valence-corrected chi connectivity index (χ0v) is 12.5. The number of esters is 1. The molecule has 2 aliphatic rings. The van der Waals surface area contributed by atoms with Gasteiger partial charge in [-0.1, -0.05) is 25.1 Å². The first-order valence-electron chi connectivity index (χ1n) is 7.66. The summed E-state index contributed by atoms with van der Waals surface area (Å²) in [7, 11) is 0. The van der Waals surface area contributed by atoms with E-state index in [1.54, 1.807) is 0 Å². The molecule has 1 aliphatic heterocycles. The second-order valence-electron chi connectivity index (χ2n) is 6.06. The van der Waals surface area contributed by atoms with Crippen LogP contribution in [0.2, 0.25) is 0 Å². The van der Waals surface area contributed by atoms with Crippen molar-refractivity contribution in [3.05, 3.63) is 29.8 Å². The number of benzene rings is 1. The summed E-state index contributed by atoms with van der Waals surface area (Å²) >= 11 is 0. The molecule has 108 valence electrons. The predicted octanol–water partition coefficient (Wildman–Crippen LogP) is 3.55. The van der Waals surface area contributed by atoms with Crippen molar-refractivity contribution in [2.45, 2.75) is 45.8 Å². The maximum Gasteiger partial charge on any atom is 0.303 e. The number of hydrogen-bond donors (Lipinski definition) is 0. The summed E-state index contributed by atoms with van der Waals surface area (Å²) in [5, 5.41) is 0. The Hall–Kier alpha value is -1.51. The summed E-state index contributed by atoms with van der Waals surface area (Å²) in [6.07, 6.45) is 2.51. The van der Waals surface area contributed by atoms with Gasteiger partial charge in [-0.05, 0) is 31.7 Å². The van der Waals surface area contributed by atoms with Gasteiger partial charge in [0.25, 0.3) is 0 Å². The molecule has 0 bridgehead atoms. The Morgan fingerprint density at radius 2 is 2.05 bits per heavy atom. The van der Waals surface area contributed by atoms with Gasteiger partial charge in [0, 0.05) is 36.7 Å². The van der Waals surface area contributed by atoms with Gasteiger partial charge in [-0.15, -0.1) is 0 Å². The summed E-state index contributed by atoms with van der Waals surface area (Å²) in [5.41, 5.74) is 2.41. The number of ether oxygens (including phenoxy) is 1. The summed E-state index contributed by atoms with van der Waals surface area (Å²) in [4.78, 5) is 14.0. The molecule has 0 N–H and O–H groups in total. The third-order valence-electron chi connectivity index (χ3n) is 4.67. The Labute approximate surface area is 120 Å². The van der Waals surface area contributed by atoms with Gasteiger partial charge < -0.3 is 9.64 Å². The van der Waals surface area contributed by atoms with Gasteiger partial charge in [-0.3, -0.25) is 4.79 Å². The van der Waals surface area contributed by atoms with Gasteiger partial charge in [0.1, 0.15) is 6.10 Å². The smallest absolute Gasteiger partial charge is 0.303 e. The van der Waals surface area contributed by atoms with E-state index in [9.17, 15) is 4.79 Å². The van der Waals surface area contributed by atoms with E-state index in [-0.39, 0.29) is 12.1 Å². The molecule has 3 nitrogen and oxygen atoms in total. The van der Waals surface area contributed by atoms with E-state index in [0.717, 1.165) is 18.0 Å². The van der Waals surface area contributed by atoms with Gasteiger partial charge in [-0.2, -0.15) is 0 Å². The zero-order chi connectivity index (χ0) is 14.3. The molecule has 0 saturated heterocycles. The van der Waals surface area contributed by atoms with Crippen LogP contribution >= 0.6 is 0 Å². The van der Waals surface area contributed by atoms with Crippen molar-refractivity contribution >= 4 is 11.7 Å². The first-order chi connectivity index (χ1) is 9.63. The Morgan fingerprint density at radius 3 is 2.65 bits per heavy atom. The number of carbonyl (C=O) groups excluding carboxylic acids is 1. The summed E-state index contributed by atoms with van der Waals surface area (Å²) in [6, 6.07) is 8.88. The quantitative estimate of drug-likeness (QED) is 0.789. The second-order valence-corrected chi connectivity index (χ2v) is 6.06. The highest BCUT2D eigenvalue weighted by Crippen LogP contribution is 2.49. The zero-order valence-electron chi connectivity index (χ0n) is 12.5. The summed E-state index contributed by atoms with van der Waals surface area (Å²) < 4.78 is 5.67. The molecule has 1 fully saturated rings. The van der Waals surface area contributed by atoms with Crippen molar-refractivity contribution < 1.29 is 9.53 Å². The molecule has 1 heterocycles. The molecule has 0 radical (unpaired) electrons. The van der Waals surface area contributed by atoms with Gasteiger partial charge >= 0.3 is 5.97 Å². The van der Waals surface area contributed by atoms with E-state index in [0.29, 0.717) is 12.0 Å². The van der Waals surface area contributed by atoms with Crippen molar-refractivity contribution in [3.63, 3.8) is 0 Å². The van der Waals surface area contributed by atoms with Crippen molar-refractivity contribution in [1.82, 2.24) is 0 Å². The minimum Gasteiger partial charge on any atom is -0.457 e. The highest BCUT2D eigenvalue weighted by molar-refractivity contribution is 5.68. The minimum absolute atomic E-state index is 0.0999. The average molecular weight is 273 g/mol. The number of carbonyl (C=O) groups is 1. The lowest BCUT2D eigenvalue weighted by molar-refractivity contribution is -0.150. The van der Waals surface area contributed by atoms with E-state index in [4.69, 9.17) is 4.74 Å². The highest BCUT2D eigenvalue weighted by atomic mass is 16.5. The third kappa shape index (κ3) is 2.19. The topological polar surface area (TPSA) is 29.5 Å². The predicted molar refractivity (Wildman–Crippen MR) is 79.6 cm³/mol. The number of para-hydroxylation sites is 1. The number of fused-ring (bicyclic) bond motifs is 1. The van der Waals surface area contributed by atoms with E-state index in [1.165, 1.54) is 25.5 Å². The van der Waals surface area contributed by atoms with E-state index in [1.807, 2.05) is 6.07 Å². The number of nitrogens with zero attached hydrogens (tertiary/aromatic N) is 1. The standard InChI is InChI=1S/C17H23NO2/c1-4-18-15-8-6-5-7-14(15)17(20-12(3)19)11(2)16(18)13-9-10-13/h5-8,11,13,16-17H,4,9-10H2,1-3H3/t11-,16+,17?/m0/s1. The van der Waals surface area contributed by atoms with Gasteiger partial charge in [0.05, 0.1) is 0 Å². The molecular formula is C17H23NO2. The number of rotatable bonds is 3. The fourth-order valence-corrected chi connectivity index (χ4v) is 3.75. The van der Waals surface area contributed by atoms with Crippen LogP contribution in [-0.2, 0) is 9.53 Å². The Bertz CT molecular complexity index is 509. The first kappa shape index (κ1) is 13.5. The van der Waals surface area contributed by atoms with Crippen molar-refractivity contribution in [2.24, 2.45) is 11.8 Å². The molecule has 1 aromatic carbocycles. The maximum absolute atomic E-state index is 11.5. The van der Waals surface area contributed by atoms with E-state index < -0.39 is 0 Å². The number of anilines is 1. The van der Waals surface area contributed by atoms with Crippen molar-refractivity contribution in [1.29, 1.82) is 0 Å². The minimum atomic E-state index is -0.184. The maximum atomic E-state index is 11.5. The molecule has 1 saturated carbocycles. The molecule has 0 aromatic heterocycles. The highest BCUT2D eigenvalue weighted by Gasteiger charge is 2.46. The van der Waals surface area contributed by atoms with Gasteiger partial charge in [0.15, 0.2) is 0 Å². The second kappa shape index (κ2) is 5.12. The first-order valence-corrected chi connectivity index (χ1v) is 7.66. The summed E-state index contributed by atoms with van der Waals surface area (Å²) in [6.45, 7) is 6.96. The van der Waals surface area contributed by atoms with Crippen LogP contribution in [-0.4, -0.2) is 18.6 Å². The Morgan fingerprint density at radius 1 is 1.35 bits per heavy atom. The number of hydrogen-bond acceptors (Lipinski definition) is 3. The molecule has 1 aromatic rings. The third-order valence-corrected chi connectivity index (χ3v) is 4.67. The SMILES string of the molecule is CCN1c2ccccc2C(OC(C)=O)[C@@H](C)[C@@H]1C1CC1. The lowest BCUT2D eigenvalue weighted by Crippen LogP contribution is -2.48. The van der Waals surface area contributed by atoms with Gasteiger partial charge in [0.2, 0.25) is 0 Å². The molecule has 20 heavy (non-hydrogen) atoms. The molecule has 3 atom stereocenters. The molecule has 0 amide bonds. The van der Waals surface area contributed by atoms with Crippen LogP contribution in [0, 0.1) is 11.8 Å². The van der Waals surface area contributed by atoms with Crippen LogP contribution in [0.3, 0.4) is 0 Å². The molecule has 1 unspecified atom stereocenters. The average Bonchev–Trinajstić information content (AvgIpc) is 3.25. The van der Waals surface area contributed by atoms with Crippen LogP contribution in [0.15, 0.2) is 24.3 Å². The van der Waals surface area contributed by atoms with Gasteiger partial charge in [-0.25, -0.2) is 0 Å². The molecule has 0 spiro atoms. The van der Waals surface area contributed by atoms with Crippen LogP contribution in [0.4, 0.5) is 5.69 Å². The van der Waals surface area contributed by atoms with Crippen LogP contribution < -0.4 is 4.90 Å². The van der Waals surface area contributed by atoms with Crippen molar-refractivity contribution in [2.75, 3.05) is 11.4 Å². The van der Waals surface area contributed by atoms with Crippen molar-refractivity contribution in [3.8, 4) is 0 Å². The van der Waals surface area contributed by atoms with Crippen LogP contribution in [0.5, 0.6) is 0 Å². The molecule has 3 rings (SSSR count). The molecule has 1 aliphatic carbocycles. The lowest BCUT2D eigenvalue weighted by Gasteiger charge is -2.46. The molecule has 3 heteroatoms. The monoisotopic (exact) mass is 273 g/mol. The van der Waals surface area contributed by atoms with E-state index >= 15 is 0 Å². The van der Waals surface area contributed by atoms with E-state index in [2.05, 4.69) is 36.9 Å². The fraction of sp³-hybridized carbons (Fsp3) is 0.588. The Kier molecular flexibility index (Phi) is 3.45. The lowest BCUT2D eigenvalue weighted by atomic mass is 9.81. The fourth-order valence-electron chi connectivity index (χ4n) is 3.75. The Balaban J connectivity index is 2.04. The normalized spacial score (nSPS) is 28.9. The van der Waals surface area contributed by atoms with Crippen LogP contribution in [0.25, 0.3) is 0 Å². The molecular weight excluding hydrogens is 250 g/mol. The van der Waals surface area contributed by atoms with Crippen LogP contribution in [0.1, 0.15) is 45.3 Å². The summed E-state index contributed by atoms with van der Waals surface area (Å²) in [5.74, 6) is 0.925. The largest absolute Gasteiger partial charge is 0.457 e.